The summed E-state index contributed by atoms with van der Waals surface area (Å²) >= 11 is 0. The molecule has 0 spiro atoms. The van der Waals surface area contributed by atoms with Gasteiger partial charge in [-0.1, -0.05) is 53.7 Å². The van der Waals surface area contributed by atoms with Crippen molar-refractivity contribution in [2.75, 3.05) is 12.4 Å². The van der Waals surface area contributed by atoms with Gasteiger partial charge in [-0.2, -0.15) is 0 Å². The molecule has 1 heterocycles. The Kier molecular flexibility index (Phi) is 5.66. The van der Waals surface area contributed by atoms with E-state index in [1.807, 2.05) is 54.6 Å². The zero-order chi connectivity index (χ0) is 18.4. The van der Waals surface area contributed by atoms with Gasteiger partial charge in [0, 0.05) is 18.2 Å². The lowest BCUT2D eigenvalue weighted by molar-refractivity contribution is -0.118. The number of para-hydroxylation sites is 1. The van der Waals surface area contributed by atoms with Crippen molar-refractivity contribution in [1.29, 1.82) is 0 Å². The van der Waals surface area contributed by atoms with Gasteiger partial charge in [0.25, 0.3) is 0 Å². The van der Waals surface area contributed by atoms with E-state index in [1.54, 1.807) is 20.1 Å². The zero-order valence-electron chi connectivity index (χ0n) is 14.7. The van der Waals surface area contributed by atoms with E-state index >= 15 is 0 Å². The number of ether oxygens (including phenoxy) is 1. The lowest BCUT2D eigenvalue weighted by atomic mass is 10.1. The number of hydrogen-bond acceptors (Lipinski definition) is 5. The van der Waals surface area contributed by atoms with Crippen LogP contribution >= 0.6 is 0 Å². The van der Waals surface area contributed by atoms with Gasteiger partial charge >= 0.3 is 0 Å². The van der Waals surface area contributed by atoms with Gasteiger partial charge in [0.1, 0.15) is 17.6 Å². The highest BCUT2D eigenvalue weighted by Gasteiger charge is 2.21. The Morgan fingerprint density at radius 2 is 1.88 bits per heavy atom. The fourth-order valence-corrected chi connectivity index (χ4v) is 2.69. The number of carbonyl (C=O) groups excluding carboxylic acids is 1. The highest BCUT2D eigenvalue weighted by atomic mass is 16.5. The molecule has 0 aliphatic heterocycles. The Labute approximate surface area is 152 Å². The number of anilines is 1. The average Bonchev–Trinajstić information content (AvgIpc) is 3.07. The number of nitrogens with zero attached hydrogens (tertiary/aromatic N) is 1. The Morgan fingerprint density at radius 1 is 1.15 bits per heavy atom. The van der Waals surface area contributed by atoms with Gasteiger partial charge in [-0.05, 0) is 18.6 Å². The molecule has 1 unspecified atom stereocenters. The van der Waals surface area contributed by atoms with E-state index < -0.39 is 6.04 Å². The summed E-state index contributed by atoms with van der Waals surface area (Å²) in [5.74, 6) is 1.60. The highest BCUT2D eigenvalue weighted by Crippen LogP contribution is 2.20. The van der Waals surface area contributed by atoms with E-state index in [4.69, 9.17) is 9.26 Å². The first kappa shape index (κ1) is 17.7. The van der Waals surface area contributed by atoms with E-state index in [0.717, 1.165) is 16.9 Å². The zero-order valence-corrected chi connectivity index (χ0v) is 14.7. The lowest BCUT2D eigenvalue weighted by Crippen LogP contribution is -2.33. The van der Waals surface area contributed by atoms with Gasteiger partial charge in [-0.3, -0.25) is 10.1 Å². The van der Waals surface area contributed by atoms with E-state index in [1.165, 1.54) is 0 Å². The SMILES string of the molecule is COc1ccccc1CNC(C(=O)Nc1cc(C)on1)c1ccccc1. The van der Waals surface area contributed by atoms with Crippen LogP contribution < -0.4 is 15.4 Å². The molecule has 3 aromatic rings. The molecule has 1 amide bonds. The van der Waals surface area contributed by atoms with Crippen LogP contribution in [0.1, 0.15) is 22.9 Å². The average molecular weight is 351 g/mol. The largest absolute Gasteiger partial charge is 0.496 e. The Hall–Kier alpha value is -3.12. The monoisotopic (exact) mass is 351 g/mol. The summed E-state index contributed by atoms with van der Waals surface area (Å²) in [4.78, 5) is 12.8. The molecule has 0 aliphatic rings. The molecule has 2 N–H and O–H groups in total. The molecule has 0 aliphatic carbocycles. The standard InChI is InChI=1S/C20H21N3O3/c1-14-12-18(23-26-14)22-20(24)19(15-8-4-3-5-9-15)21-13-16-10-6-7-11-17(16)25-2/h3-12,19,21H,13H2,1-2H3,(H,22,23,24). The second-order valence-corrected chi connectivity index (χ2v) is 5.85. The first-order valence-electron chi connectivity index (χ1n) is 8.32. The number of carbonyl (C=O) groups is 1. The lowest BCUT2D eigenvalue weighted by Gasteiger charge is -2.19. The Bertz CT molecular complexity index is 862. The number of methoxy groups -OCH3 is 1. The third kappa shape index (κ3) is 4.29. The van der Waals surface area contributed by atoms with Gasteiger partial charge < -0.3 is 14.6 Å². The van der Waals surface area contributed by atoms with Crippen LogP contribution in [0.15, 0.2) is 65.2 Å². The highest BCUT2D eigenvalue weighted by molar-refractivity contribution is 5.94. The quantitative estimate of drug-likeness (QED) is 0.682. The summed E-state index contributed by atoms with van der Waals surface area (Å²) in [6.07, 6.45) is 0. The molecule has 0 bridgehead atoms. The van der Waals surface area contributed by atoms with E-state index in [0.29, 0.717) is 18.1 Å². The van der Waals surface area contributed by atoms with Crippen LogP contribution in [0.4, 0.5) is 5.82 Å². The van der Waals surface area contributed by atoms with Gasteiger partial charge in [0.2, 0.25) is 5.91 Å². The smallest absolute Gasteiger partial charge is 0.247 e. The van der Waals surface area contributed by atoms with Crippen molar-refractivity contribution in [2.45, 2.75) is 19.5 Å². The minimum Gasteiger partial charge on any atom is -0.496 e. The molecule has 26 heavy (non-hydrogen) atoms. The molecule has 0 radical (unpaired) electrons. The maximum atomic E-state index is 12.8. The van der Waals surface area contributed by atoms with Gasteiger partial charge in [0.15, 0.2) is 5.82 Å². The van der Waals surface area contributed by atoms with Crippen molar-refractivity contribution in [3.63, 3.8) is 0 Å². The third-order valence-corrected chi connectivity index (χ3v) is 3.96. The van der Waals surface area contributed by atoms with Crippen molar-refractivity contribution < 1.29 is 14.1 Å². The number of aromatic nitrogens is 1. The van der Waals surface area contributed by atoms with E-state index in [2.05, 4.69) is 15.8 Å². The molecule has 6 heteroatoms. The predicted molar refractivity (Wildman–Crippen MR) is 98.9 cm³/mol. The normalized spacial score (nSPS) is 11.8. The summed E-state index contributed by atoms with van der Waals surface area (Å²) in [7, 11) is 1.63. The molecule has 0 fully saturated rings. The molecule has 2 aromatic carbocycles. The summed E-state index contributed by atoms with van der Waals surface area (Å²) in [5.41, 5.74) is 1.83. The fraction of sp³-hybridized carbons (Fsp3) is 0.200. The maximum Gasteiger partial charge on any atom is 0.247 e. The Morgan fingerprint density at radius 3 is 2.58 bits per heavy atom. The molecule has 1 aromatic heterocycles. The second-order valence-electron chi connectivity index (χ2n) is 5.85. The van der Waals surface area contributed by atoms with Crippen molar-refractivity contribution >= 4 is 11.7 Å². The number of benzene rings is 2. The maximum absolute atomic E-state index is 12.8. The topological polar surface area (TPSA) is 76.4 Å². The summed E-state index contributed by atoms with van der Waals surface area (Å²) in [5, 5.41) is 9.91. The van der Waals surface area contributed by atoms with Crippen molar-refractivity contribution in [3.05, 3.63) is 77.6 Å². The first-order chi connectivity index (χ1) is 12.7. The third-order valence-electron chi connectivity index (χ3n) is 3.96. The summed E-state index contributed by atoms with van der Waals surface area (Å²) < 4.78 is 10.4. The number of rotatable bonds is 7. The van der Waals surface area contributed by atoms with Crippen LogP contribution in [0.3, 0.4) is 0 Å². The molecule has 3 rings (SSSR count). The Balaban J connectivity index is 1.78. The van der Waals surface area contributed by atoms with Gasteiger partial charge in [0.05, 0.1) is 7.11 Å². The number of aryl methyl sites for hydroxylation is 1. The first-order valence-corrected chi connectivity index (χ1v) is 8.32. The summed E-state index contributed by atoms with van der Waals surface area (Å²) in [6.45, 7) is 2.26. The molecular weight excluding hydrogens is 330 g/mol. The molecule has 1 atom stereocenters. The second kappa shape index (κ2) is 8.31. The van der Waals surface area contributed by atoms with Crippen LogP contribution in [0.25, 0.3) is 0 Å². The number of nitrogens with one attached hydrogen (secondary N) is 2. The van der Waals surface area contributed by atoms with Crippen molar-refractivity contribution in [1.82, 2.24) is 10.5 Å². The van der Waals surface area contributed by atoms with Crippen LogP contribution in [0.5, 0.6) is 5.75 Å². The van der Waals surface area contributed by atoms with Gasteiger partial charge in [-0.15, -0.1) is 0 Å². The van der Waals surface area contributed by atoms with Gasteiger partial charge in [-0.25, -0.2) is 0 Å². The minimum absolute atomic E-state index is 0.209. The molecule has 6 nitrogen and oxygen atoms in total. The van der Waals surface area contributed by atoms with Crippen LogP contribution in [0, 0.1) is 6.92 Å². The van der Waals surface area contributed by atoms with Crippen LogP contribution in [-0.4, -0.2) is 18.2 Å². The van der Waals surface area contributed by atoms with E-state index in [9.17, 15) is 4.79 Å². The molecule has 134 valence electrons. The molecule has 0 saturated heterocycles. The molecule has 0 saturated carbocycles. The molecular formula is C20H21N3O3. The van der Waals surface area contributed by atoms with Crippen molar-refractivity contribution in [2.24, 2.45) is 0 Å². The van der Waals surface area contributed by atoms with Crippen molar-refractivity contribution in [3.8, 4) is 5.75 Å². The van der Waals surface area contributed by atoms with Crippen LogP contribution in [-0.2, 0) is 11.3 Å². The van der Waals surface area contributed by atoms with Crippen LogP contribution in [0.2, 0.25) is 0 Å². The predicted octanol–water partition coefficient (Wildman–Crippen LogP) is 3.46. The van der Waals surface area contributed by atoms with E-state index in [-0.39, 0.29) is 5.91 Å². The number of amides is 1. The minimum atomic E-state index is -0.543. The summed E-state index contributed by atoms with van der Waals surface area (Å²) in [6, 6.07) is 18.4. The fourth-order valence-electron chi connectivity index (χ4n) is 2.69. The number of hydrogen-bond donors (Lipinski definition) is 2.